The number of aromatic nitrogens is 2. The van der Waals surface area contributed by atoms with Gasteiger partial charge in [-0.2, -0.15) is 0 Å². The summed E-state index contributed by atoms with van der Waals surface area (Å²) in [6.07, 6.45) is 5.55. The Labute approximate surface area is 108 Å². The van der Waals surface area contributed by atoms with Crippen LogP contribution in [0.15, 0.2) is 0 Å². The highest BCUT2D eigenvalue weighted by Gasteiger charge is 2.37. The van der Waals surface area contributed by atoms with Crippen LogP contribution >= 0.6 is 0 Å². The molecule has 100 valence electrons. The lowest BCUT2D eigenvalue weighted by atomic mass is 9.84. The van der Waals surface area contributed by atoms with Crippen molar-refractivity contribution in [2.24, 2.45) is 5.84 Å². The van der Waals surface area contributed by atoms with Gasteiger partial charge < -0.3 is 10.2 Å². The van der Waals surface area contributed by atoms with Crippen molar-refractivity contribution in [3.05, 3.63) is 17.1 Å². The SMILES string of the molecule is COC1(c2nc(C)c(C)c(NN)n2)CCCCC1. The van der Waals surface area contributed by atoms with Crippen molar-refractivity contribution in [3.63, 3.8) is 0 Å². The standard InChI is InChI=1S/C13H22N4O/c1-9-10(2)15-12(16-11(9)17-14)13(18-3)7-5-4-6-8-13/h4-8,14H2,1-3H3,(H,15,16,17). The predicted octanol–water partition coefficient (Wildman–Crippen LogP) is 2.18. The molecule has 3 N–H and O–H groups in total. The maximum Gasteiger partial charge on any atom is 0.162 e. The number of nitrogens with two attached hydrogens (primary N) is 1. The molecule has 0 radical (unpaired) electrons. The Hall–Kier alpha value is -1.20. The Kier molecular flexibility index (Phi) is 3.82. The molecule has 0 aliphatic heterocycles. The lowest BCUT2D eigenvalue weighted by Gasteiger charge is -2.34. The third-order valence-electron chi connectivity index (χ3n) is 3.99. The second-order valence-corrected chi connectivity index (χ2v) is 5.01. The number of methoxy groups -OCH3 is 1. The summed E-state index contributed by atoms with van der Waals surface area (Å²) in [7, 11) is 1.75. The van der Waals surface area contributed by atoms with E-state index >= 15 is 0 Å². The van der Waals surface area contributed by atoms with Gasteiger partial charge in [0.25, 0.3) is 0 Å². The summed E-state index contributed by atoms with van der Waals surface area (Å²) < 4.78 is 5.77. The van der Waals surface area contributed by atoms with Crippen molar-refractivity contribution in [2.75, 3.05) is 12.5 Å². The zero-order chi connectivity index (χ0) is 13.2. The second-order valence-electron chi connectivity index (χ2n) is 5.01. The summed E-state index contributed by atoms with van der Waals surface area (Å²) in [6, 6.07) is 0. The van der Waals surface area contributed by atoms with Gasteiger partial charge in [0.2, 0.25) is 0 Å². The minimum atomic E-state index is -0.331. The smallest absolute Gasteiger partial charge is 0.162 e. The van der Waals surface area contributed by atoms with Crippen molar-refractivity contribution >= 4 is 5.82 Å². The van der Waals surface area contributed by atoms with Crippen LogP contribution in [-0.4, -0.2) is 17.1 Å². The van der Waals surface area contributed by atoms with E-state index in [0.29, 0.717) is 5.82 Å². The molecule has 0 bridgehead atoms. The van der Waals surface area contributed by atoms with Gasteiger partial charge in [0.05, 0.1) is 0 Å². The summed E-state index contributed by atoms with van der Waals surface area (Å²) in [5.41, 5.74) is 4.26. The highest BCUT2D eigenvalue weighted by atomic mass is 16.5. The molecular weight excluding hydrogens is 228 g/mol. The van der Waals surface area contributed by atoms with Crippen LogP contribution < -0.4 is 11.3 Å². The number of ether oxygens (including phenoxy) is 1. The van der Waals surface area contributed by atoms with Gasteiger partial charge in [-0.25, -0.2) is 15.8 Å². The number of hydrogen-bond donors (Lipinski definition) is 2. The lowest BCUT2D eigenvalue weighted by Crippen LogP contribution is -2.34. The quantitative estimate of drug-likeness (QED) is 0.635. The molecule has 5 heteroatoms. The van der Waals surface area contributed by atoms with E-state index in [4.69, 9.17) is 10.6 Å². The van der Waals surface area contributed by atoms with Gasteiger partial charge in [0.1, 0.15) is 11.4 Å². The highest BCUT2D eigenvalue weighted by Crippen LogP contribution is 2.39. The zero-order valence-electron chi connectivity index (χ0n) is 11.4. The largest absolute Gasteiger partial charge is 0.370 e. The van der Waals surface area contributed by atoms with Crippen molar-refractivity contribution < 1.29 is 4.74 Å². The second kappa shape index (κ2) is 5.20. The van der Waals surface area contributed by atoms with Crippen molar-refractivity contribution in [1.82, 2.24) is 9.97 Å². The van der Waals surface area contributed by atoms with Gasteiger partial charge in [-0.3, -0.25) is 0 Å². The number of aryl methyl sites for hydroxylation is 1. The Morgan fingerprint density at radius 2 is 1.83 bits per heavy atom. The molecule has 1 heterocycles. The molecule has 1 saturated carbocycles. The van der Waals surface area contributed by atoms with Gasteiger partial charge in [-0.15, -0.1) is 0 Å². The number of hydrogen-bond acceptors (Lipinski definition) is 5. The third-order valence-corrected chi connectivity index (χ3v) is 3.99. The van der Waals surface area contributed by atoms with E-state index in [0.717, 1.165) is 42.8 Å². The average molecular weight is 250 g/mol. The molecule has 1 fully saturated rings. The van der Waals surface area contributed by atoms with Gasteiger partial charge in [-0.1, -0.05) is 19.3 Å². The van der Waals surface area contributed by atoms with E-state index in [2.05, 4.69) is 15.4 Å². The first-order valence-electron chi connectivity index (χ1n) is 6.50. The monoisotopic (exact) mass is 250 g/mol. The first-order valence-corrected chi connectivity index (χ1v) is 6.50. The number of hydrazine groups is 1. The molecule has 2 rings (SSSR count). The maximum absolute atomic E-state index is 5.77. The van der Waals surface area contributed by atoms with Crippen LogP contribution in [0.2, 0.25) is 0 Å². The van der Waals surface area contributed by atoms with E-state index in [1.165, 1.54) is 6.42 Å². The number of rotatable bonds is 3. The molecule has 5 nitrogen and oxygen atoms in total. The van der Waals surface area contributed by atoms with E-state index in [1.807, 2.05) is 13.8 Å². The fraction of sp³-hybridized carbons (Fsp3) is 0.692. The van der Waals surface area contributed by atoms with Crippen molar-refractivity contribution in [1.29, 1.82) is 0 Å². The summed E-state index contributed by atoms with van der Waals surface area (Å²) in [6.45, 7) is 3.95. The summed E-state index contributed by atoms with van der Waals surface area (Å²) in [4.78, 5) is 9.16. The molecule has 18 heavy (non-hydrogen) atoms. The van der Waals surface area contributed by atoms with E-state index in [1.54, 1.807) is 7.11 Å². The average Bonchev–Trinajstić information content (AvgIpc) is 2.42. The first-order chi connectivity index (χ1) is 8.63. The third kappa shape index (κ3) is 2.20. The molecule has 0 unspecified atom stereocenters. The molecule has 0 aromatic carbocycles. The van der Waals surface area contributed by atoms with Gasteiger partial charge >= 0.3 is 0 Å². The van der Waals surface area contributed by atoms with E-state index in [9.17, 15) is 0 Å². The van der Waals surface area contributed by atoms with Gasteiger partial charge in [0.15, 0.2) is 5.82 Å². The van der Waals surface area contributed by atoms with E-state index < -0.39 is 0 Å². The van der Waals surface area contributed by atoms with Gasteiger partial charge in [-0.05, 0) is 26.7 Å². The maximum atomic E-state index is 5.77. The number of anilines is 1. The van der Waals surface area contributed by atoms with Crippen LogP contribution in [0.5, 0.6) is 0 Å². The molecule has 1 aromatic rings. The Bertz CT molecular complexity index is 427. The lowest BCUT2D eigenvalue weighted by molar-refractivity contribution is -0.0515. The molecular formula is C13H22N4O. The van der Waals surface area contributed by atoms with Crippen LogP contribution in [0.3, 0.4) is 0 Å². The minimum Gasteiger partial charge on any atom is -0.370 e. The van der Waals surface area contributed by atoms with Crippen LogP contribution in [0.4, 0.5) is 5.82 Å². The molecule has 0 saturated heterocycles. The number of nitrogens with one attached hydrogen (secondary N) is 1. The van der Waals surface area contributed by atoms with Crippen molar-refractivity contribution in [2.45, 2.75) is 51.6 Å². The normalized spacial score (nSPS) is 18.7. The van der Waals surface area contributed by atoms with Crippen LogP contribution in [-0.2, 0) is 10.3 Å². The molecule has 1 aromatic heterocycles. The molecule has 1 aliphatic carbocycles. The highest BCUT2D eigenvalue weighted by molar-refractivity contribution is 5.44. The fourth-order valence-electron chi connectivity index (χ4n) is 2.62. The molecule has 0 amide bonds. The molecule has 0 spiro atoms. The summed E-state index contributed by atoms with van der Waals surface area (Å²) in [5, 5.41) is 0. The predicted molar refractivity (Wildman–Crippen MR) is 71.1 cm³/mol. The summed E-state index contributed by atoms with van der Waals surface area (Å²) >= 11 is 0. The fourth-order valence-corrected chi connectivity index (χ4v) is 2.62. The topological polar surface area (TPSA) is 73.1 Å². The zero-order valence-corrected chi connectivity index (χ0v) is 11.4. The number of nitrogens with zero attached hydrogens (tertiary/aromatic N) is 2. The van der Waals surface area contributed by atoms with Crippen LogP contribution in [0.1, 0.15) is 49.2 Å². The first kappa shape index (κ1) is 13.2. The van der Waals surface area contributed by atoms with E-state index in [-0.39, 0.29) is 5.60 Å². The molecule has 1 aliphatic rings. The molecule has 0 atom stereocenters. The van der Waals surface area contributed by atoms with Crippen molar-refractivity contribution in [3.8, 4) is 0 Å². The minimum absolute atomic E-state index is 0.331. The Morgan fingerprint density at radius 3 is 2.39 bits per heavy atom. The van der Waals surface area contributed by atoms with Crippen LogP contribution in [0, 0.1) is 13.8 Å². The van der Waals surface area contributed by atoms with Crippen LogP contribution in [0.25, 0.3) is 0 Å². The number of nitrogen functional groups attached to an aromatic ring is 1. The van der Waals surface area contributed by atoms with Gasteiger partial charge in [0, 0.05) is 18.4 Å². The Morgan fingerprint density at radius 1 is 1.17 bits per heavy atom. The Balaban J connectivity index is 2.45. The summed E-state index contributed by atoms with van der Waals surface area (Å²) in [5.74, 6) is 6.98.